The molecular weight excluding hydrogens is 222 g/mol. The molecule has 0 N–H and O–H groups in total. The molecule has 1 aromatic rings. The summed E-state index contributed by atoms with van der Waals surface area (Å²) in [4.78, 5) is 6.92. The van der Waals surface area contributed by atoms with Crippen molar-refractivity contribution in [1.29, 1.82) is 5.26 Å². The van der Waals surface area contributed by atoms with Gasteiger partial charge in [0, 0.05) is 18.8 Å². The van der Waals surface area contributed by atoms with Gasteiger partial charge in [0.2, 0.25) is 0 Å². The number of aromatic nitrogens is 1. The summed E-state index contributed by atoms with van der Waals surface area (Å²) in [7, 11) is 2.06. The average molecular weight is 243 g/mol. The van der Waals surface area contributed by atoms with E-state index in [1.165, 1.54) is 17.7 Å². The Hall–Kier alpha value is -1.56. The average Bonchev–Trinajstić information content (AvgIpc) is 2.85. The Kier molecular flexibility index (Phi) is 3.86. The molecule has 0 radical (unpaired) electrons. The van der Waals surface area contributed by atoms with Crippen LogP contribution in [0, 0.1) is 11.3 Å². The van der Waals surface area contributed by atoms with E-state index in [1.54, 1.807) is 0 Å². The highest BCUT2D eigenvalue weighted by Crippen LogP contribution is 2.28. The van der Waals surface area contributed by atoms with Crippen LogP contribution in [0.1, 0.15) is 49.9 Å². The Morgan fingerprint density at radius 2 is 2.11 bits per heavy atom. The summed E-state index contributed by atoms with van der Waals surface area (Å²) in [6.07, 6.45) is 5.47. The van der Waals surface area contributed by atoms with Crippen molar-refractivity contribution in [3.05, 3.63) is 22.9 Å². The molecule has 1 aliphatic carbocycles. The van der Waals surface area contributed by atoms with Gasteiger partial charge >= 0.3 is 0 Å². The van der Waals surface area contributed by atoms with Gasteiger partial charge in [-0.05, 0) is 43.7 Å². The van der Waals surface area contributed by atoms with Gasteiger partial charge < -0.3 is 4.90 Å². The third kappa shape index (κ3) is 2.20. The lowest BCUT2D eigenvalue weighted by Crippen LogP contribution is -2.32. The van der Waals surface area contributed by atoms with Crippen LogP contribution >= 0.6 is 0 Å². The lowest BCUT2D eigenvalue weighted by atomic mass is 10.1. The van der Waals surface area contributed by atoms with Gasteiger partial charge in [-0.25, -0.2) is 4.98 Å². The molecule has 0 saturated heterocycles. The first-order valence-electron chi connectivity index (χ1n) is 6.87. The van der Waals surface area contributed by atoms with Crippen LogP contribution in [-0.2, 0) is 12.8 Å². The molecule has 0 saturated carbocycles. The molecular formula is C15H21N3. The summed E-state index contributed by atoms with van der Waals surface area (Å²) in [5.74, 6) is 0.867. The molecule has 0 fully saturated rings. The molecule has 0 atom stereocenters. The van der Waals surface area contributed by atoms with E-state index in [4.69, 9.17) is 4.98 Å². The number of fused-ring (bicyclic) bond motifs is 1. The predicted octanol–water partition coefficient (Wildman–Crippen LogP) is 3.07. The van der Waals surface area contributed by atoms with E-state index in [0.29, 0.717) is 6.04 Å². The molecule has 3 heteroatoms. The van der Waals surface area contributed by atoms with Crippen LogP contribution in [0.5, 0.6) is 0 Å². The normalized spacial score (nSPS) is 13.5. The number of anilines is 1. The van der Waals surface area contributed by atoms with Crippen molar-refractivity contribution < 1.29 is 0 Å². The van der Waals surface area contributed by atoms with Gasteiger partial charge in [-0.1, -0.05) is 13.8 Å². The minimum absolute atomic E-state index is 0.462. The lowest BCUT2D eigenvalue weighted by Gasteiger charge is -2.28. The SMILES string of the molecule is CCC(CC)N(C)c1nc2c(cc1C#N)CCC2. The van der Waals surface area contributed by atoms with Crippen molar-refractivity contribution in [3.8, 4) is 6.07 Å². The maximum Gasteiger partial charge on any atom is 0.146 e. The van der Waals surface area contributed by atoms with Gasteiger partial charge in [0.15, 0.2) is 0 Å². The molecule has 1 aliphatic rings. The fourth-order valence-corrected chi connectivity index (χ4v) is 2.82. The smallest absolute Gasteiger partial charge is 0.146 e. The zero-order valence-corrected chi connectivity index (χ0v) is 11.5. The zero-order valence-electron chi connectivity index (χ0n) is 11.5. The first-order chi connectivity index (χ1) is 8.71. The number of pyridine rings is 1. The van der Waals surface area contributed by atoms with Crippen molar-refractivity contribution in [2.75, 3.05) is 11.9 Å². The number of rotatable bonds is 4. The molecule has 0 spiro atoms. The molecule has 0 amide bonds. The van der Waals surface area contributed by atoms with Crippen molar-refractivity contribution in [3.63, 3.8) is 0 Å². The Bertz CT molecular complexity index is 469. The van der Waals surface area contributed by atoms with E-state index in [1.807, 2.05) is 6.07 Å². The summed E-state index contributed by atoms with van der Waals surface area (Å²) in [6.45, 7) is 4.37. The molecule has 0 unspecified atom stereocenters. The molecule has 3 nitrogen and oxygen atoms in total. The Morgan fingerprint density at radius 3 is 2.72 bits per heavy atom. The monoisotopic (exact) mass is 243 g/mol. The number of aryl methyl sites for hydroxylation is 2. The van der Waals surface area contributed by atoms with Crippen molar-refractivity contribution in [2.45, 2.75) is 52.0 Å². The first kappa shape index (κ1) is 12.9. The van der Waals surface area contributed by atoms with Crippen LogP contribution < -0.4 is 4.90 Å². The van der Waals surface area contributed by atoms with E-state index in [-0.39, 0.29) is 0 Å². The Morgan fingerprint density at radius 1 is 1.39 bits per heavy atom. The number of nitriles is 1. The molecule has 2 rings (SSSR count). The predicted molar refractivity (Wildman–Crippen MR) is 73.8 cm³/mol. The Balaban J connectivity index is 2.41. The minimum atomic E-state index is 0.462. The molecule has 18 heavy (non-hydrogen) atoms. The van der Waals surface area contributed by atoms with Crippen molar-refractivity contribution >= 4 is 5.82 Å². The van der Waals surface area contributed by atoms with Gasteiger partial charge in [-0.3, -0.25) is 0 Å². The lowest BCUT2D eigenvalue weighted by molar-refractivity contribution is 0.585. The van der Waals surface area contributed by atoms with Gasteiger partial charge in [0.05, 0.1) is 5.56 Å². The van der Waals surface area contributed by atoms with Crippen LogP contribution in [0.25, 0.3) is 0 Å². The van der Waals surface area contributed by atoms with Crippen LogP contribution in [0.4, 0.5) is 5.82 Å². The van der Waals surface area contributed by atoms with Crippen LogP contribution in [0.3, 0.4) is 0 Å². The van der Waals surface area contributed by atoms with Gasteiger partial charge in [-0.2, -0.15) is 5.26 Å². The Labute approximate surface area is 109 Å². The van der Waals surface area contributed by atoms with Gasteiger partial charge in [-0.15, -0.1) is 0 Å². The topological polar surface area (TPSA) is 39.9 Å². The zero-order chi connectivity index (χ0) is 13.1. The van der Waals surface area contributed by atoms with Crippen LogP contribution in [0.15, 0.2) is 6.07 Å². The molecule has 1 heterocycles. The largest absolute Gasteiger partial charge is 0.356 e. The highest BCUT2D eigenvalue weighted by atomic mass is 15.2. The van der Waals surface area contributed by atoms with E-state index >= 15 is 0 Å². The maximum atomic E-state index is 9.31. The van der Waals surface area contributed by atoms with Crippen LogP contribution in [-0.4, -0.2) is 18.1 Å². The molecule has 0 aromatic carbocycles. The second kappa shape index (κ2) is 5.39. The highest BCUT2D eigenvalue weighted by Gasteiger charge is 2.21. The third-order valence-corrected chi connectivity index (χ3v) is 3.98. The summed E-state index contributed by atoms with van der Waals surface area (Å²) >= 11 is 0. The first-order valence-corrected chi connectivity index (χ1v) is 6.87. The maximum absolute atomic E-state index is 9.31. The second-order valence-corrected chi connectivity index (χ2v) is 5.01. The van der Waals surface area contributed by atoms with Crippen molar-refractivity contribution in [2.24, 2.45) is 0 Å². The second-order valence-electron chi connectivity index (χ2n) is 5.01. The molecule has 0 aliphatic heterocycles. The van der Waals surface area contributed by atoms with E-state index in [0.717, 1.165) is 37.1 Å². The summed E-state index contributed by atoms with van der Waals surface area (Å²) in [5.41, 5.74) is 3.19. The standard InChI is InChI=1S/C15H21N3/c1-4-13(5-2)18(3)15-12(10-16)9-11-7-6-8-14(11)17-15/h9,13H,4-8H2,1-3H3. The molecule has 0 bridgehead atoms. The number of hydrogen-bond acceptors (Lipinski definition) is 3. The quantitative estimate of drug-likeness (QED) is 0.816. The number of nitrogens with zero attached hydrogens (tertiary/aromatic N) is 3. The van der Waals surface area contributed by atoms with Crippen molar-refractivity contribution in [1.82, 2.24) is 4.98 Å². The fourth-order valence-electron chi connectivity index (χ4n) is 2.82. The summed E-state index contributed by atoms with van der Waals surface area (Å²) in [5, 5.41) is 9.31. The van der Waals surface area contributed by atoms with E-state index in [2.05, 4.69) is 31.9 Å². The number of hydrogen-bond donors (Lipinski definition) is 0. The summed E-state index contributed by atoms with van der Waals surface area (Å²) < 4.78 is 0. The highest BCUT2D eigenvalue weighted by molar-refractivity contribution is 5.57. The van der Waals surface area contributed by atoms with Gasteiger partial charge in [0.25, 0.3) is 0 Å². The van der Waals surface area contributed by atoms with E-state index in [9.17, 15) is 5.26 Å². The molecule has 96 valence electrons. The van der Waals surface area contributed by atoms with Crippen LogP contribution in [0.2, 0.25) is 0 Å². The third-order valence-electron chi connectivity index (χ3n) is 3.98. The summed E-state index contributed by atoms with van der Waals surface area (Å²) in [6, 6.07) is 4.81. The van der Waals surface area contributed by atoms with E-state index < -0.39 is 0 Å². The minimum Gasteiger partial charge on any atom is -0.356 e. The van der Waals surface area contributed by atoms with Gasteiger partial charge in [0.1, 0.15) is 11.9 Å². The fraction of sp³-hybridized carbons (Fsp3) is 0.600. The molecule has 1 aromatic heterocycles.